The lowest BCUT2D eigenvalue weighted by Gasteiger charge is -2.30. The van der Waals surface area contributed by atoms with Gasteiger partial charge < -0.3 is 5.73 Å². The third-order valence-corrected chi connectivity index (χ3v) is 2.71. The fraction of sp³-hybridized carbons (Fsp3) is 0.545. The zero-order valence-corrected chi connectivity index (χ0v) is 9.92. The molecule has 2 N–H and O–H groups in total. The highest BCUT2D eigenvalue weighted by molar-refractivity contribution is 5.85. The van der Waals surface area contributed by atoms with E-state index in [1.54, 1.807) is 6.20 Å². The first-order chi connectivity index (χ1) is 7.24. The van der Waals surface area contributed by atoms with Crippen LogP contribution in [0.25, 0.3) is 0 Å². The fourth-order valence-electron chi connectivity index (χ4n) is 2.04. The molecule has 1 atom stereocenters. The van der Waals surface area contributed by atoms with Gasteiger partial charge in [-0.15, -0.1) is 12.4 Å². The normalized spacial score (nSPS) is 21.5. The van der Waals surface area contributed by atoms with Gasteiger partial charge in [0.15, 0.2) is 0 Å². The minimum atomic E-state index is -0.270. The van der Waals surface area contributed by atoms with E-state index in [-0.39, 0.29) is 24.3 Å². The zero-order valence-electron chi connectivity index (χ0n) is 9.10. The minimum absolute atomic E-state index is 0. The molecule has 0 aromatic carbocycles. The Hall–Kier alpha value is -0.710. The molecule has 1 fully saturated rings. The molecular formula is C11H17ClFN3. The molecule has 2 heterocycles. The second-order valence-electron chi connectivity index (χ2n) is 4.15. The molecule has 3 nitrogen and oxygen atoms in total. The van der Waals surface area contributed by atoms with E-state index in [9.17, 15) is 4.39 Å². The number of halogens is 2. The number of aromatic nitrogens is 1. The predicted molar refractivity (Wildman–Crippen MR) is 63.9 cm³/mol. The number of nitrogens with two attached hydrogens (primary N) is 1. The second kappa shape index (κ2) is 6.13. The zero-order chi connectivity index (χ0) is 10.7. The van der Waals surface area contributed by atoms with E-state index in [1.165, 1.54) is 12.3 Å². The second-order valence-corrected chi connectivity index (χ2v) is 4.15. The van der Waals surface area contributed by atoms with E-state index < -0.39 is 0 Å². The Labute approximate surface area is 101 Å². The van der Waals surface area contributed by atoms with Crippen molar-refractivity contribution in [1.29, 1.82) is 0 Å². The number of likely N-dealkylation sites (tertiary alicyclic amines) is 1. The van der Waals surface area contributed by atoms with Gasteiger partial charge in [0.25, 0.3) is 0 Å². The van der Waals surface area contributed by atoms with Crippen LogP contribution in [0.5, 0.6) is 0 Å². The lowest BCUT2D eigenvalue weighted by molar-refractivity contribution is 0.201. The van der Waals surface area contributed by atoms with Crippen LogP contribution in [-0.2, 0) is 6.54 Å². The fourth-order valence-corrected chi connectivity index (χ4v) is 2.04. The van der Waals surface area contributed by atoms with Crippen LogP contribution in [0.15, 0.2) is 18.5 Å². The monoisotopic (exact) mass is 245 g/mol. The molecule has 1 aliphatic heterocycles. The molecule has 1 saturated heterocycles. The molecule has 0 unspecified atom stereocenters. The molecule has 90 valence electrons. The van der Waals surface area contributed by atoms with Gasteiger partial charge in [0, 0.05) is 25.3 Å². The summed E-state index contributed by atoms with van der Waals surface area (Å²) in [5, 5.41) is 0. The van der Waals surface area contributed by atoms with Crippen LogP contribution in [0.4, 0.5) is 4.39 Å². The number of nitrogens with zero attached hydrogens (tertiary/aromatic N) is 2. The highest BCUT2D eigenvalue weighted by atomic mass is 35.5. The molecule has 0 radical (unpaired) electrons. The van der Waals surface area contributed by atoms with E-state index in [1.807, 2.05) is 0 Å². The smallest absolute Gasteiger partial charge is 0.141 e. The van der Waals surface area contributed by atoms with Crippen LogP contribution in [0.1, 0.15) is 18.4 Å². The maximum Gasteiger partial charge on any atom is 0.141 e. The lowest BCUT2D eigenvalue weighted by Crippen LogP contribution is -2.42. The van der Waals surface area contributed by atoms with Gasteiger partial charge in [0.2, 0.25) is 0 Å². The summed E-state index contributed by atoms with van der Waals surface area (Å²) in [5.41, 5.74) is 6.80. The van der Waals surface area contributed by atoms with Crippen molar-refractivity contribution >= 4 is 12.4 Å². The first-order valence-corrected chi connectivity index (χ1v) is 5.31. The van der Waals surface area contributed by atoms with Gasteiger partial charge in [-0.05, 0) is 31.0 Å². The van der Waals surface area contributed by atoms with Gasteiger partial charge in [0.1, 0.15) is 5.82 Å². The first-order valence-electron chi connectivity index (χ1n) is 5.31. The largest absolute Gasteiger partial charge is 0.327 e. The molecule has 1 aromatic heterocycles. The van der Waals surface area contributed by atoms with Crippen LogP contribution in [0.3, 0.4) is 0 Å². The maximum atomic E-state index is 12.9. The van der Waals surface area contributed by atoms with E-state index in [2.05, 4.69) is 9.88 Å². The van der Waals surface area contributed by atoms with Crippen molar-refractivity contribution in [3.05, 3.63) is 29.8 Å². The summed E-state index contributed by atoms with van der Waals surface area (Å²) >= 11 is 0. The molecular weight excluding hydrogens is 229 g/mol. The first kappa shape index (κ1) is 13.4. The third-order valence-electron chi connectivity index (χ3n) is 2.71. The summed E-state index contributed by atoms with van der Waals surface area (Å²) in [4.78, 5) is 6.09. The molecule has 0 saturated carbocycles. The van der Waals surface area contributed by atoms with Crippen molar-refractivity contribution in [2.24, 2.45) is 5.73 Å². The van der Waals surface area contributed by atoms with Crippen molar-refractivity contribution in [1.82, 2.24) is 9.88 Å². The summed E-state index contributed by atoms with van der Waals surface area (Å²) in [7, 11) is 0. The van der Waals surface area contributed by atoms with Crippen molar-refractivity contribution in [3.63, 3.8) is 0 Å². The molecule has 0 aliphatic carbocycles. The van der Waals surface area contributed by atoms with Gasteiger partial charge in [-0.3, -0.25) is 9.88 Å². The summed E-state index contributed by atoms with van der Waals surface area (Å²) < 4.78 is 12.9. The van der Waals surface area contributed by atoms with Gasteiger partial charge in [-0.2, -0.15) is 0 Å². The maximum absolute atomic E-state index is 12.9. The summed E-state index contributed by atoms with van der Waals surface area (Å²) in [5.74, 6) is -0.270. The van der Waals surface area contributed by atoms with Crippen LogP contribution in [-0.4, -0.2) is 29.0 Å². The summed E-state index contributed by atoms with van der Waals surface area (Å²) in [6.07, 6.45) is 5.16. The Kier molecular flexibility index (Phi) is 5.12. The van der Waals surface area contributed by atoms with Crippen LogP contribution < -0.4 is 5.73 Å². The molecule has 1 aliphatic rings. The molecule has 0 amide bonds. The van der Waals surface area contributed by atoms with E-state index >= 15 is 0 Å². The number of piperidine rings is 1. The van der Waals surface area contributed by atoms with Crippen molar-refractivity contribution in [2.75, 3.05) is 13.1 Å². The third kappa shape index (κ3) is 3.70. The van der Waals surface area contributed by atoms with Crippen molar-refractivity contribution in [3.8, 4) is 0 Å². The number of rotatable bonds is 2. The minimum Gasteiger partial charge on any atom is -0.327 e. The van der Waals surface area contributed by atoms with Gasteiger partial charge >= 0.3 is 0 Å². The van der Waals surface area contributed by atoms with Crippen molar-refractivity contribution in [2.45, 2.75) is 25.4 Å². The molecule has 0 bridgehead atoms. The molecule has 1 aromatic rings. The molecule has 16 heavy (non-hydrogen) atoms. The highest BCUT2D eigenvalue weighted by Crippen LogP contribution is 2.12. The van der Waals surface area contributed by atoms with Gasteiger partial charge in [-0.25, -0.2) is 4.39 Å². The van der Waals surface area contributed by atoms with Gasteiger partial charge in [-0.1, -0.05) is 0 Å². The summed E-state index contributed by atoms with van der Waals surface area (Å²) in [6, 6.07) is 1.80. The number of pyridine rings is 1. The topological polar surface area (TPSA) is 42.1 Å². The van der Waals surface area contributed by atoms with E-state index in [0.717, 1.165) is 38.0 Å². The Morgan fingerprint density at radius 3 is 3.00 bits per heavy atom. The molecule has 0 spiro atoms. The lowest BCUT2D eigenvalue weighted by atomic mass is 10.1. The number of hydrogen-bond donors (Lipinski definition) is 1. The average Bonchev–Trinajstić information content (AvgIpc) is 2.17. The molecule has 2 rings (SSSR count). The average molecular weight is 246 g/mol. The van der Waals surface area contributed by atoms with E-state index in [4.69, 9.17) is 5.73 Å². The molecule has 5 heteroatoms. The Bertz CT molecular complexity index is 335. The van der Waals surface area contributed by atoms with Crippen LogP contribution in [0, 0.1) is 5.82 Å². The Morgan fingerprint density at radius 1 is 1.50 bits per heavy atom. The number of hydrogen-bond acceptors (Lipinski definition) is 3. The highest BCUT2D eigenvalue weighted by Gasteiger charge is 2.16. The summed E-state index contributed by atoms with van der Waals surface area (Å²) in [6.45, 7) is 2.69. The predicted octanol–water partition coefficient (Wildman–Crippen LogP) is 1.57. The SMILES string of the molecule is Cl.N[C@@H]1CCCN(Cc2cncc(F)c2)C1. The van der Waals surface area contributed by atoms with Gasteiger partial charge in [0.05, 0.1) is 6.20 Å². The Balaban J connectivity index is 0.00000128. The van der Waals surface area contributed by atoms with Crippen LogP contribution in [0.2, 0.25) is 0 Å². The standard InChI is InChI=1S/C11H16FN3.ClH/c12-10-4-9(5-14-6-10)7-15-3-1-2-11(13)8-15;/h4-6,11H,1-3,7-8,13H2;1H/t11-;/m1./s1. The van der Waals surface area contributed by atoms with E-state index in [0.29, 0.717) is 0 Å². The Morgan fingerprint density at radius 2 is 2.31 bits per heavy atom. The van der Waals surface area contributed by atoms with Crippen LogP contribution >= 0.6 is 12.4 Å². The quantitative estimate of drug-likeness (QED) is 0.860. The van der Waals surface area contributed by atoms with Crippen molar-refractivity contribution < 1.29 is 4.39 Å².